The fourth-order valence-electron chi connectivity index (χ4n) is 3.45. The van der Waals surface area contributed by atoms with Gasteiger partial charge in [-0.3, -0.25) is 0 Å². The van der Waals surface area contributed by atoms with Gasteiger partial charge in [0, 0.05) is 18.1 Å². The fourth-order valence-corrected chi connectivity index (χ4v) is 5.89. The Kier molecular flexibility index (Phi) is 4.63. The number of methoxy groups -OCH3 is 1. The van der Waals surface area contributed by atoms with Crippen molar-refractivity contribution in [1.82, 2.24) is 0 Å². The van der Waals surface area contributed by atoms with Gasteiger partial charge in [-0.25, -0.2) is 8.42 Å². The largest absolute Gasteiger partial charge is 0.383 e. The van der Waals surface area contributed by atoms with Crippen LogP contribution < -0.4 is 0 Å². The molecule has 0 aliphatic heterocycles. The topological polar surface area (TPSA) is 67.2 Å². The second kappa shape index (κ2) is 6.45. The van der Waals surface area contributed by atoms with E-state index in [-0.39, 0.29) is 11.5 Å². The molecule has 2 aromatic carbocycles. The van der Waals surface area contributed by atoms with Crippen LogP contribution in [0.15, 0.2) is 53.4 Å². The number of sulfone groups is 1. The molecule has 0 N–H and O–H groups in total. The van der Waals surface area contributed by atoms with E-state index in [2.05, 4.69) is 6.07 Å². The van der Waals surface area contributed by atoms with Crippen LogP contribution in [-0.2, 0) is 14.6 Å². The fraction of sp³-hybridized carbons (Fsp3) is 0.316. The molecule has 0 radical (unpaired) electrons. The minimum absolute atomic E-state index is 0.0690. The zero-order chi connectivity index (χ0) is 18.2. The summed E-state index contributed by atoms with van der Waals surface area (Å²) in [6.07, 6.45) is 0. The van der Waals surface area contributed by atoms with Crippen molar-refractivity contribution in [2.45, 2.75) is 23.0 Å². The van der Waals surface area contributed by atoms with Gasteiger partial charge < -0.3 is 4.74 Å². The average Bonchev–Trinajstić information content (AvgIpc) is 3.26. The first-order valence-corrected chi connectivity index (χ1v) is 9.75. The van der Waals surface area contributed by atoms with Crippen LogP contribution in [0.1, 0.15) is 17.0 Å². The Labute approximate surface area is 152 Å². The normalized spacial score (nSPS) is 25.4. The third kappa shape index (κ3) is 2.95. The number of rotatable bonds is 5. The molecule has 130 valence electrons. The summed E-state index contributed by atoms with van der Waals surface area (Å²) in [4.78, 5) is 0.173. The van der Waals surface area contributed by atoms with Crippen molar-refractivity contribution in [1.29, 1.82) is 5.26 Å². The molecule has 0 heterocycles. The van der Waals surface area contributed by atoms with Crippen molar-refractivity contribution < 1.29 is 13.2 Å². The van der Waals surface area contributed by atoms with Crippen LogP contribution in [0.25, 0.3) is 0 Å². The van der Waals surface area contributed by atoms with Crippen LogP contribution in [0.3, 0.4) is 0 Å². The van der Waals surface area contributed by atoms with E-state index in [1.54, 1.807) is 12.1 Å². The lowest BCUT2D eigenvalue weighted by Crippen LogP contribution is -2.19. The van der Waals surface area contributed by atoms with E-state index in [9.17, 15) is 13.7 Å². The molecule has 0 spiro atoms. The van der Waals surface area contributed by atoms with Gasteiger partial charge in [0.25, 0.3) is 0 Å². The molecule has 6 heteroatoms. The van der Waals surface area contributed by atoms with Crippen molar-refractivity contribution >= 4 is 21.4 Å². The van der Waals surface area contributed by atoms with Crippen molar-refractivity contribution in [3.8, 4) is 6.07 Å². The highest BCUT2D eigenvalue weighted by Crippen LogP contribution is 2.63. The molecule has 3 atom stereocenters. The van der Waals surface area contributed by atoms with Gasteiger partial charge in [-0.05, 0) is 36.8 Å². The molecule has 0 aromatic heterocycles. The molecule has 0 saturated heterocycles. The number of hydrogen-bond acceptors (Lipinski definition) is 4. The molecule has 2 aromatic rings. The van der Waals surface area contributed by atoms with Gasteiger partial charge in [-0.2, -0.15) is 5.26 Å². The maximum atomic E-state index is 13.2. The Morgan fingerprint density at radius 2 is 1.76 bits per heavy atom. The Bertz CT molecular complexity index is 917. The van der Waals surface area contributed by atoms with Crippen LogP contribution in [0, 0.1) is 23.7 Å². The van der Waals surface area contributed by atoms with Gasteiger partial charge in [-0.15, -0.1) is 0 Å². The minimum atomic E-state index is -3.69. The quantitative estimate of drug-likeness (QED) is 0.798. The molecule has 3 rings (SSSR count). The number of aryl methyl sites for hydroxylation is 1. The summed E-state index contributed by atoms with van der Waals surface area (Å²) in [6.45, 7) is 2.03. The number of nitriles is 1. The van der Waals surface area contributed by atoms with Gasteiger partial charge >= 0.3 is 0 Å². The maximum absolute atomic E-state index is 13.2. The highest BCUT2D eigenvalue weighted by Gasteiger charge is 2.72. The molecule has 1 saturated carbocycles. The summed E-state index contributed by atoms with van der Waals surface area (Å²) in [7, 11) is -2.21. The van der Waals surface area contributed by atoms with Gasteiger partial charge in [0.1, 0.15) is 5.41 Å². The van der Waals surface area contributed by atoms with E-state index in [0.717, 1.165) is 11.1 Å². The van der Waals surface area contributed by atoms with Gasteiger partial charge in [0.05, 0.1) is 22.8 Å². The maximum Gasteiger partial charge on any atom is 0.183 e. The van der Waals surface area contributed by atoms with Crippen LogP contribution in [0.5, 0.6) is 0 Å². The van der Waals surface area contributed by atoms with Gasteiger partial charge in [0.2, 0.25) is 0 Å². The van der Waals surface area contributed by atoms with Crippen LogP contribution in [0.4, 0.5) is 0 Å². The standard InChI is InChI=1S/C19H18ClNO3S/c1-13-3-5-14(6-4-13)17-18(19(17,11-21)12-24-2)25(22,23)16-9-7-15(20)8-10-16/h3-10,17-18H,12H2,1-2H3/t17-,18-,19+/m0/s1. The first-order valence-electron chi connectivity index (χ1n) is 7.83. The Balaban J connectivity index is 2.07. The van der Waals surface area contributed by atoms with E-state index < -0.39 is 26.4 Å². The predicted molar refractivity (Wildman–Crippen MR) is 96.3 cm³/mol. The second-order valence-corrected chi connectivity index (χ2v) is 8.90. The SMILES string of the molecule is COC[C@]1(C#N)[C@@H](c2ccc(C)cc2)[C@@H]1S(=O)(=O)c1ccc(Cl)cc1. The van der Waals surface area contributed by atoms with E-state index in [0.29, 0.717) is 5.02 Å². The minimum Gasteiger partial charge on any atom is -0.383 e. The third-order valence-corrected chi connectivity index (χ3v) is 7.30. The van der Waals surface area contributed by atoms with Crippen LogP contribution >= 0.6 is 11.6 Å². The van der Waals surface area contributed by atoms with Crippen molar-refractivity contribution in [2.24, 2.45) is 5.41 Å². The summed E-state index contributed by atoms with van der Waals surface area (Å²) >= 11 is 5.86. The van der Waals surface area contributed by atoms with E-state index in [1.165, 1.54) is 19.2 Å². The van der Waals surface area contributed by atoms with Gasteiger partial charge in [-0.1, -0.05) is 41.4 Å². The van der Waals surface area contributed by atoms with E-state index in [4.69, 9.17) is 16.3 Å². The molecule has 25 heavy (non-hydrogen) atoms. The summed E-state index contributed by atoms with van der Waals surface area (Å²) in [6, 6.07) is 15.9. The van der Waals surface area contributed by atoms with E-state index >= 15 is 0 Å². The highest BCUT2D eigenvalue weighted by atomic mass is 35.5. The molecule has 0 unspecified atom stereocenters. The summed E-state index contributed by atoms with van der Waals surface area (Å²) in [5.74, 6) is -0.418. The first-order chi connectivity index (χ1) is 11.9. The molecule has 0 bridgehead atoms. The van der Waals surface area contributed by atoms with Crippen LogP contribution in [-0.4, -0.2) is 27.4 Å². The Morgan fingerprint density at radius 1 is 1.16 bits per heavy atom. The lowest BCUT2D eigenvalue weighted by atomic mass is 10.0. The highest BCUT2D eigenvalue weighted by molar-refractivity contribution is 7.92. The number of nitrogens with zero attached hydrogens (tertiary/aromatic N) is 1. The van der Waals surface area contributed by atoms with Crippen LogP contribution in [0.2, 0.25) is 5.02 Å². The van der Waals surface area contributed by atoms with Gasteiger partial charge in [0.15, 0.2) is 9.84 Å². The lowest BCUT2D eigenvalue weighted by molar-refractivity contribution is 0.162. The molecular formula is C19H18ClNO3S. The Morgan fingerprint density at radius 3 is 2.28 bits per heavy atom. The molecule has 4 nitrogen and oxygen atoms in total. The average molecular weight is 376 g/mol. The molecule has 0 amide bonds. The molecule has 1 aliphatic carbocycles. The number of benzene rings is 2. The monoisotopic (exact) mass is 375 g/mol. The predicted octanol–water partition coefficient (Wildman–Crippen LogP) is 3.74. The Hall–Kier alpha value is -1.87. The smallest absolute Gasteiger partial charge is 0.183 e. The number of ether oxygens (including phenoxy) is 1. The van der Waals surface area contributed by atoms with Crippen molar-refractivity contribution in [2.75, 3.05) is 13.7 Å². The first kappa shape index (κ1) is 17.9. The zero-order valence-corrected chi connectivity index (χ0v) is 15.5. The molecule has 1 aliphatic rings. The van der Waals surface area contributed by atoms with Crippen molar-refractivity contribution in [3.05, 3.63) is 64.7 Å². The van der Waals surface area contributed by atoms with E-state index in [1.807, 2.05) is 31.2 Å². The molecular weight excluding hydrogens is 358 g/mol. The lowest BCUT2D eigenvalue weighted by Gasteiger charge is -2.08. The summed E-state index contributed by atoms with van der Waals surface area (Å²) in [5, 5.41) is 9.41. The summed E-state index contributed by atoms with van der Waals surface area (Å²) in [5.41, 5.74) is 0.838. The third-order valence-electron chi connectivity index (χ3n) is 4.76. The number of halogens is 1. The van der Waals surface area contributed by atoms with Crippen molar-refractivity contribution in [3.63, 3.8) is 0 Å². The second-order valence-electron chi connectivity index (χ2n) is 6.39. The number of hydrogen-bond donors (Lipinski definition) is 0. The molecule has 1 fully saturated rings. The zero-order valence-electron chi connectivity index (χ0n) is 13.9. The summed E-state index contributed by atoms with van der Waals surface area (Å²) < 4.78 is 31.5.